The molecule has 1 fully saturated rings. The number of carbonyl (C=O) groups excluding carboxylic acids is 1. The second kappa shape index (κ2) is 4.96. The van der Waals surface area contributed by atoms with Crippen LogP contribution in [0.2, 0.25) is 0 Å². The summed E-state index contributed by atoms with van der Waals surface area (Å²) in [6.45, 7) is 0. The predicted octanol–water partition coefficient (Wildman–Crippen LogP) is -1.37. The van der Waals surface area contributed by atoms with Gasteiger partial charge in [0.15, 0.2) is 0 Å². The number of amides is 2. The second-order valence-electron chi connectivity index (χ2n) is 3.20. The molecule has 16 heavy (non-hydrogen) atoms. The predicted molar refractivity (Wildman–Crippen MR) is 59.1 cm³/mol. The van der Waals surface area contributed by atoms with Gasteiger partial charge in [-0.2, -0.15) is 15.0 Å². The van der Waals surface area contributed by atoms with E-state index in [0.29, 0.717) is 12.0 Å². The van der Waals surface area contributed by atoms with Gasteiger partial charge in [0.05, 0.1) is 0 Å². The lowest BCUT2D eigenvalue weighted by atomic mass is 10.7. The molecule has 1 saturated carbocycles. The van der Waals surface area contributed by atoms with Crippen LogP contribution in [0.5, 0.6) is 0 Å². The molecule has 1 aliphatic carbocycles. The monoisotopic (exact) mass is 226 g/mol. The molecule has 2 rings (SSSR count). The van der Waals surface area contributed by atoms with Crippen molar-refractivity contribution in [1.82, 2.24) is 15.0 Å². The van der Waals surface area contributed by atoms with E-state index in [1.54, 1.807) is 0 Å². The summed E-state index contributed by atoms with van der Waals surface area (Å²) in [5.74, 6) is 0.791. The molecule has 9 N–H and O–H groups in total. The van der Waals surface area contributed by atoms with Gasteiger partial charge >= 0.3 is 6.03 Å². The molecule has 0 aromatic carbocycles. The molecule has 9 nitrogen and oxygen atoms in total. The normalized spacial score (nSPS) is 13.5. The average Bonchev–Trinajstić information content (AvgIpc) is 2.84. The third kappa shape index (κ3) is 4.79. The van der Waals surface area contributed by atoms with Crippen LogP contribution in [0.15, 0.2) is 0 Å². The number of aromatic nitrogens is 3. The van der Waals surface area contributed by atoms with Gasteiger partial charge in [-0.3, -0.25) is 0 Å². The van der Waals surface area contributed by atoms with E-state index in [1.165, 1.54) is 0 Å². The zero-order valence-corrected chi connectivity index (χ0v) is 8.55. The molecule has 1 aliphatic rings. The van der Waals surface area contributed by atoms with Crippen molar-refractivity contribution in [3.63, 3.8) is 0 Å². The maximum Gasteiger partial charge on any atom is 0.309 e. The van der Waals surface area contributed by atoms with E-state index in [9.17, 15) is 0 Å². The molecule has 0 unspecified atom stereocenters. The first kappa shape index (κ1) is 11.8. The zero-order valence-electron chi connectivity index (χ0n) is 8.55. The van der Waals surface area contributed by atoms with E-state index in [2.05, 4.69) is 31.7 Å². The van der Waals surface area contributed by atoms with E-state index in [1.807, 2.05) is 0 Å². The fraction of sp³-hybridized carbons (Fsp3) is 0.429. The number of hydrogen-bond acceptors (Lipinski definition) is 7. The van der Waals surface area contributed by atoms with Crippen molar-refractivity contribution < 1.29 is 4.79 Å². The highest BCUT2D eigenvalue weighted by Crippen LogP contribution is 2.22. The Balaban J connectivity index is 0.000000280. The highest BCUT2D eigenvalue weighted by molar-refractivity contribution is 5.69. The highest BCUT2D eigenvalue weighted by atomic mass is 16.2. The van der Waals surface area contributed by atoms with Crippen LogP contribution in [0, 0.1) is 0 Å². The van der Waals surface area contributed by atoms with Crippen molar-refractivity contribution in [3.05, 3.63) is 0 Å². The van der Waals surface area contributed by atoms with Gasteiger partial charge in [-0.25, -0.2) is 4.79 Å². The lowest BCUT2D eigenvalue weighted by Gasteiger charge is -2.02. The Morgan fingerprint density at radius 3 is 1.94 bits per heavy atom. The Morgan fingerprint density at radius 2 is 1.56 bits per heavy atom. The van der Waals surface area contributed by atoms with Crippen LogP contribution in [-0.4, -0.2) is 27.0 Å². The number of anilines is 3. The summed E-state index contributed by atoms with van der Waals surface area (Å²) in [5, 5.41) is 3.08. The Kier molecular flexibility index (Phi) is 3.64. The molecule has 0 radical (unpaired) electrons. The van der Waals surface area contributed by atoms with E-state index in [-0.39, 0.29) is 11.9 Å². The summed E-state index contributed by atoms with van der Waals surface area (Å²) in [6.07, 6.45) is 2.32. The first-order valence-electron chi connectivity index (χ1n) is 4.56. The summed E-state index contributed by atoms with van der Waals surface area (Å²) in [4.78, 5) is 20.4. The van der Waals surface area contributed by atoms with Crippen LogP contribution in [0.3, 0.4) is 0 Å². The zero-order chi connectivity index (χ0) is 12.1. The fourth-order valence-electron chi connectivity index (χ4n) is 0.884. The SMILES string of the molecule is NC(N)=O.Nc1nc(N)nc(NC2CC2)n1. The minimum atomic E-state index is -0.833. The van der Waals surface area contributed by atoms with Crippen molar-refractivity contribution in [2.24, 2.45) is 11.5 Å². The number of hydrogen-bond donors (Lipinski definition) is 5. The van der Waals surface area contributed by atoms with Gasteiger partial charge in [-0.15, -0.1) is 0 Å². The molecule has 1 aromatic rings. The topological polar surface area (TPSA) is 172 Å². The third-order valence-electron chi connectivity index (χ3n) is 1.58. The standard InChI is InChI=1S/C6H10N6.CH4N2O/c7-4-10-5(8)12-6(11-4)9-3-1-2-3;2-1(3)4/h3H,1-2H2,(H5,7,8,9,10,11,12);(H4,2,3,4). The van der Waals surface area contributed by atoms with Gasteiger partial charge in [0.25, 0.3) is 0 Å². The molecule has 0 atom stereocenters. The first-order valence-corrected chi connectivity index (χ1v) is 4.56. The lowest BCUT2D eigenvalue weighted by molar-refractivity contribution is 0.256. The molecule has 2 amide bonds. The lowest BCUT2D eigenvalue weighted by Crippen LogP contribution is -2.18. The van der Waals surface area contributed by atoms with Crippen LogP contribution in [-0.2, 0) is 0 Å². The molecule has 0 aliphatic heterocycles. The molecule has 0 saturated heterocycles. The quantitative estimate of drug-likeness (QED) is 0.413. The molecule has 88 valence electrons. The van der Waals surface area contributed by atoms with Gasteiger partial charge < -0.3 is 28.3 Å². The molecular weight excluding hydrogens is 212 g/mol. The number of primary amides is 2. The van der Waals surface area contributed by atoms with E-state index in [0.717, 1.165) is 12.8 Å². The number of nitrogens with two attached hydrogens (primary N) is 4. The van der Waals surface area contributed by atoms with Crippen molar-refractivity contribution >= 4 is 23.9 Å². The van der Waals surface area contributed by atoms with Crippen LogP contribution < -0.4 is 28.3 Å². The smallest absolute Gasteiger partial charge is 0.309 e. The third-order valence-corrected chi connectivity index (χ3v) is 1.58. The molecule has 0 bridgehead atoms. The Morgan fingerprint density at radius 1 is 1.12 bits per heavy atom. The molecule has 1 aromatic heterocycles. The van der Waals surface area contributed by atoms with Crippen molar-refractivity contribution in [3.8, 4) is 0 Å². The van der Waals surface area contributed by atoms with Crippen molar-refractivity contribution in [1.29, 1.82) is 0 Å². The van der Waals surface area contributed by atoms with Gasteiger partial charge in [0.1, 0.15) is 0 Å². The van der Waals surface area contributed by atoms with Crippen LogP contribution >= 0.6 is 0 Å². The maximum absolute atomic E-state index is 9.00. The summed E-state index contributed by atoms with van der Waals surface area (Å²) in [6, 6.07) is -0.341. The first-order chi connectivity index (χ1) is 7.47. The Hall–Kier alpha value is -2.32. The number of nitrogens with zero attached hydrogens (tertiary/aromatic N) is 3. The molecular formula is C7H14N8O. The number of rotatable bonds is 2. The molecule has 1 heterocycles. The highest BCUT2D eigenvalue weighted by Gasteiger charge is 2.22. The van der Waals surface area contributed by atoms with E-state index < -0.39 is 6.03 Å². The summed E-state index contributed by atoms with van der Waals surface area (Å²) >= 11 is 0. The molecule has 9 heteroatoms. The van der Waals surface area contributed by atoms with E-state index in [4.69, 9.17) is 16.3 Å². The Labute approximate surface area is 91.6 Å². The number of nitrogen functional groups attached to an aromatic ring is 2. The minimum absolute atomic E-state index is 0.158. The minimum Gasteiger partial charge on any atom is -0.368 e. The second-order valence-corrected chi connectivity index (χ2v) is 3.20. The van der Waals surface area contributed by atoms with Crippen LogP contribution in [0.1, 0.15) is 12.8 Å². The van der Waals surface area contributed by atoms with Crippen LogP contribution in [0.4, 0.5) is 22.6 Å². The maximum atomic E-state index is 9.00. The van der Waals surface area contributed by atoms with Gasteiger partial charge in [-0.05, 0) is 12.8 Å². The number of urea groups is 1. The molecule has 0 spiro atoms. The fourth-order valence-corrected chi connectivity index (χ4v) is 0.884. The number of nitrogens with one attached hydrogen (secondary N) is 1. The summed E-state index contributed by atoms with van der Waals surface area (Å²) in [7, 11) is 0. The van der Waals surface area contributed by atoms with Gasteiger partial charge in [0.2, 0.25) is 17.8 Å². The largest absolute Gasteiger partial charge is 0.368 e. The van der Waals surface area contributed by atoms with Crippen molar-refractivity contribution in [2.75, 3.05) is 16.8 Å². The summed E-state index contributed by atoms with van der Waals surface area (Å²) in [5.41, 5.74) is 19.2. The number of carbonyl (C=O) groups is 1. The summed E-state index contributed by atoms with van der Waals surface area (Å²) < 4.78 is 0. The average molecular weight is 226 g/mol. The Bertz CT molecular complexity index is 352. The van der Waals surface area contributed by atoms with Gasteiger partial charge in [0, 0.05) is 6.04 Å². The van der Waals surface area contributed by atoms with E-state index >= 15 is 0 Å². The van der Waals surface area contributed by atoms with Crippen LogP contribution in [0.25, 0.3) is 0 Å². The van der Waals surface area contributed by atoms with Gasteiger partial charge in [-0.1, -0.05) is 0 Å². The van der Waals surface area contributed by atoms with Crippen molar-refractivity contribution in [2.45, 2.75) is 18.9 Å².